The van der Waals surface area contributed by atoms with Gasteiger partial charge in [0.2, 0.25) is 0 Å². The van der Waals surface area contributed by atoms with Crippen LogP contribution < -0.4 is 0 Å². The number of rotatable bonds is 2. The molecule has 0 aliphatic carbocycles. The van der Waals surface area contributed by atoms with E-state index in [1.54, 1.807) is 0 Å². The Bertz CT molecular complexity index is 2210. The summed E-state index contributed by atoms with van der Waals surface area (Å²) in [5, 5.41) is 14.8. The number of fused-ring (bicyclic) bond motifs is 4. The van der Waals surface area contributed by atoms with Gasteiger partial charge in [-0.25, -0.2) is 28.4 Å². The number of carboxylic acids is 2. The average Bonchev–Trinajstić information content (AvgIpc) is 3.86. The van der Waals surface area contributed by atoms with Crippen LogP contribution >= 0.6 is 0 Å². The van der Waals surface area contributed by atoms with Crippen LogP contribution in [0.2, 0.25) is 0 Å². The molecule has 0 radical (unpaired) electrons. The van der Waals surface area contributed by atoms with Gasteiger partial charge in [-0.05, 0) is 48.5 Å². The van der Waals surface area contributed by atoms with Gasteiger partial charge in [0.05, 0.1) is 50.4 Å². The minimum absolute atomic E-state index is 0.715. The van der Waals surface area contributed by atoms with E-state index >= 15 is 0 Å². The van der Waals surface area contributed by atoms with Crippen LogP contribution in [0.1, 0.15) is 13.8 Å². The highest BCUT2D eigenvalue weighted by Crippen LogP contribution is 2.22. The van der Waals surface area contributed by atoms with Crippen molar-refractivity contribution in [2.24, 2.45) is 0 Å². The maximum Gasteiger partial charge on any atom is 0.300 e. The third-order valence-electron chi connectivity index (χ3n) is 6.01. The van der Waals surface area contributed by atoms with E-state index in [0.29, 0.717) is 6.26 Å². The first-order valence-electron chi connectivity index (χ1n) is 15.5. The molecule has 0 fully saturated rings. The zero-order chi connectivity index (χ0) is 40.1. The predicted molar refractivity (Wildman–Crippen MR) is 207 cm³/mol. The lowest BCUT2D eigenvalue weighted by Gasteiger charge is -1.86. The number of H-pyrrole nitrogens is 4. The Morgan fingerprint density at radius 2 is 0.611 bits per heavy atom. The molecular weight excluding hydrogens is 741 g/mol. The number of nitrogens with zero attached hydrogens (tertiary/aromatic N) is 4. The minimum atomic E-state index is -3.67. The summed E-state index contributed by atoms with van der Waals surface area (Å²) in [7, 11) is -6.33. The lowest BCUT2D eigenvalue weighted by atomic mass is 10.3. The smallest absolute Gasteiger partial charge is 0.300 e. The Kier molecular flexibility index (Phi) is 14.7. The highest BCUT2D eigenvalue weighted by atomic mass is 32.2. The van der Waals surface area contributed by atoms with Crippen molar-refractivity contribution in [1.29, 1.82) is 0 Å². The molecule has 19 heteroatoms. The van der Waals surface area contributed by atoms with Crippen molar-refractivity contribution < 1.29 is 41.2 Å². The molecule has 54 heavy (non-hydrogen) atoms. The van der Waals surface area contributed by atoms with Gasteiger partial charge in [-0.3, -0.25) is 14.1 Å². The molecule has 284 valence electrons. The van der Waals surface area contributed by atoms with Crippen molar-refractivity contribution >= 4 is 76.0 Å². The standard InChI is InChI=1S/2C14H10N4.C2H6O2S.2C2H4O2.CH4O3S/c2*1-2-6-10-9(5-1)15-13(16-10)14-17-11-7-3-4-8-12(11)18-14;1-5(2,3)4;2*1-2(3)4;1-5(2,3)4/h2*1-8H,(H,15,16)(H,17,18);1-2H3;2*1H3,(H,3,4);1H3,(H,2,3,4). The summed E-state index contributed by atoms with van der Waals surface area (Å²) in [5.74, 6) is 1.42. The monoisotopic (exact) mass is 778 g/mol. The first kappa shape index (κ1) is 42.0. The van der Waals surface area contributed by atoms with Gasteiger partial charge in [0.15, 0.2) is 23.3 Å². The first-order chi connectivity index (χ1) is 25.3. The summed E-state index contributed by atoms with van der Waals surface area (Å²) in [6, 6.07) is 31.8. The number of aliphatic carboxylic acids is 2. The number of imidazole rings is 4. The Labute approximate surface area is 309 Å². The largest absolute Gasteiger partial charge is 0.481 e. The second-order valence-electron chi connectivity index (χ2n) is 11.3. The molecule has 0 unspecified atom stereocenters. The van der Waals surface area contributed by atoms with Gasteiger partial charge in [-0.15, -0.1) is 0 Å². The zero-order valence-corrected chi connectivity index (χ0v) is 31.3. The maximum atomic E-state index is 9.63. The second-order valence-corrected chi connectivity index (χ2v) is 15.1. The molecule has 0 aliphatic rings. The van der Waals surface area contributed by atoms with Crippen LogP contribution in [0.15, 0.2) is 97.1 Å². The molecule has 4 heterocycles. The van der Waals surface area contributed by atoms with Crippen LogP contribution in [0.5, 0.6) is 0 Å². The van der Waals surface area contributed by atoms with Crippen LogP contribution in [0, 0.1) is 0 Å². The summed E-state index contributed by atoms with van der Waals surface area (Å²) in [4.78, 5) is 49.2. The predicted octanol–water partition coefficient (Wildman–Crippen LogP) is 5.56. The van der Waals surface area contributed by atoms with E-state index < -0.39 is 31.9 Å². The number of hydrogen-bond acceptors (Lipinski definition) is 10. The average molecular weight is 779 g/mol. The van der Waals surface area contributed by atoms with E-state index in [9.17, 15) is 16.8 Å². The Hall–Kier alpha value is -6.44. The fraction of sp³-hybridized carbons (Fsp3) is 0.143. The van der Waals surface area contributed by atoms with Crippen LogP contribution in [0.4, 0.5) is 0 Å². The van der Waals surface area contributed by atoms with Crippen molar-refractivity contribution in [2.75, 3.05) is 18.8 Å². The third-order valence-corrected chi connectivity index (χ3v) is 6.01. The van der Waals surface area contributed by atoms with Gasteiger partial charge >= 0.3 is 0 Å². The first-order valence-corrected chi connectivity index (χ1v) is 19.7. The highest BCUT2D eigenvalue weighted by Gasteiger charge is 2.10. The summed E-state index contributed by atoms with van der Waals surface area (Å²) in [6.07, 6.45) is 3.03. The maximum absolute atomic E-state index is 9.63. The fourth-order valence-corrected chi connectivity index (χ4v) is 4.26. The van der Waals surface area contributed by atoms with Gasteiger partial charge in [-0.2, -0.15) is 8.42 Å². The lowest BCUT2D eigenvalue weighted by molar-refractivity contribution is -0.135. The third kappa shape index (κ3) is 15.0. The van der Waals surface area contributed by atoms with Gasteiger partial charge < -0.3 is 30.1 Å². The quantitative estimate of drug-likeness (QED) is 0.106. The van der Waals surface area contributed by atoms with E-state index in [4.69, 9.17) is 24.4 Å². The minimum Gasteiger partial charge on any atom is -0.481 e. The number of aromatic nitrogens is 8. The van der Waals surface area contributed by atoms with Gasteiger partial charge in [0, 0.05) is 26.4 Å². The molecule has 8 aromatic rings. The van der Waals surface area contributed by atoms with E-state index in [1.165, 1.54) is 0 Å². The van der Waals surface area contributed by atoms with Crippen LogP contribution in [-0.2, 0) is 29.5 Å². The van der Waals surface area contributed by atoms with E-state index in [0.717, 1.165) is 93.8 Å². The van der Waals surface area contributed by atoms with E-state index in [1.807, 2.05) is 97.1 Å². The van der Waals surface area contributed by atoms with Crippen LogP contribution in [0.3, 0.4) is 0 Å². The summed E-state index contributed by atoms with van der Waals surface area (Å²) < 4.78 is 45.1. The van der Waals surface area contributed by atoms with Crippen molar-refractivity contribution in [1.82, 2.24) is 39.9 Å². The number of sulfone groups is 1. The number of benzene rings is 4. The summed E-state index contributed by atoms with van der Waals surface area (Å²) >= 11 is 0. The Balaban J connectivity index is 0.000000203. The summed E-state index contributed by atoms with van der Waals surface area (Å²) in [6.45, 7) is 2.17. The molecule has 0 atom stereocenters. The normalized spacial score (nSPS) is 10.6. The van der Waals surface area contributed by atoms with Crippen molar-refractivity contribution in [3.63, 3.8) is 0 Å². The van der Waals surface area contributed by atoms with E-state index in [-0.39, 0.29) is 0 Å². The molecule has 0 saturated carbocycles. The molecule has 0 aliphatic heterocycles. The molecular formula is C35H38N8O9S2. The topological polar surface area (TPSA) is 278 Å². The molecule has 0 amide bonds. The molecule has 4 aromatic heterocycles. The SMILES string of the molecule is CC(=O)O.CC(=O)O.CS(=O)(=O)O.CS(C)(=O)=O.c1ccc2[nH]c(-c3nc4ccccc4[nH]3)nc2c1.c1ccc2[nH]c(-c3nc4ccccc4[nH]3)nc2c1. The summed E-state index contributed by atoms with van der Waals surface area (Å²) in [5.41, 5.74) is 7.89. The number of aromatic amines is 4. The second kappa shape index (κ2) is 18.9. The van der Waals surface area contributed by atoms with Gasteiger partial charge in [0.1, 0.15) is 9.84 Å². The lowest BCUT2D eigenvalue weighted by Crippen LogP contribution is -1.88. The Morgan fingerprint density at radius 1 is 0.463 bits per heavy atom. The van der Waals surface area contributed by atoms with Gasteiger partial charge in [0.25, 0.3) is 22.1 Å². The molecule has 8 rings (SSSR count). The van der Waals surface area contributed by atoms with Crippen LogP contribution in [0.25, 0.3) is 67.4 Å². The number of para-hydroxylation sites is 8. The van der Waals surface area contributed by atoms with Crippen molar-refractivity contribution in [2.45, 2.75) is 13.8 Å². The number of hydrogen-bond donors (Lipinski definition) is 7. The Morgan fingerprint density at radius 3 is 0.759 bits per heavy atom. The van der Waals surface area contributed by atoms with E-state index in [2.05, 4.69) is 39.9 Å². The zero-order valence-electron chi connectivity index (χ0n) is 29.6. The fourth-order valence-electron chi connectivity index (χ4n) is 4.26. The van der Waals surface area contributed by atoms with Crippen molar-refractivity contribution in [3.8, 4) is 23.3 Å². The molecule has 0 spiro atoms. The molecule has 0 bridgehead atoms. The number of nitrogens with one attached hydrogen (secondary N) is 4. The molecule has 17 nitrogen and oxygen atoms in total. The highest BCUT2D eigenvalue weighted by molar-refractivity contribution is 7.89. The molecule has 7 N–H and O–H groups in total. The molecule has 0 saturated heterocycles. The van der Waals surface area contributed by atoms with Crippen molar-refractivity contribution in [3.05, 3.63) is 97.1 Å². The van der Waals surface area contributed by atoms with Crippen LogP contribution in [-0.4, -0.2) is 102 Å². The number of carboxylic acid groups (broad SMARTS) is 2. The molecule has 4 aromatic carbocycles. The number of carbonyl (C=O) groups is 2. The van der Waals surface area contributed by atoms with Gasteiger partial charge in [-0.1, -0.05) is 48.5 Å².